The summed E-state index contributed by atoms with van der Waals surface area (Å²) in [5.74, 6) is 5.25. The van der Waals surface area contributed by atoms with E-state index in [-0.39, 0.29) is 10.9 Å². The zero-order valence-corrected chi connectivity index (χ0v) is 12.8. The van der Waals surface area contributed by atoms with Crippen molar-refractivity contribution in [1.29, 1.82) is 0 Å². The van der Waals surface area contributed by atoms with Gasteiger partial charge in [0, 0.05) is 16.8 Å². The second kappa shape index (κ2) is 5.88. The second-order valence-electron chi connectivity index (χ2n) is 4.32. The maximum atomic E-state index is 12.2. The number of anilines is 1. The Hall–Kier alpha value is -1.48. The molecule has 0 spiro atoms. The van der Waals surface area contributed by atoms with Crippen LogP contribution in [0.2, 0.25) is 0 Å². The zero-order chi connectivity index (χ0) is 14.8. The minimum absolute atomic E-state index is 0.191. The van der Waals surface area contributed by atoms with Gasteiger partial charge in [-0.1, -0.05) is 0 Å². The molecule has 1 aromatic carbocycles. The number of hydrogen-bond donors (Lipinski definition) is 3. The Kier molecular flexibility index (Phi) is 4.39. The number of nitrogens with zero attached hydrogens (tertiary/aromatic N) is 1. The van der Waals surface area contributed by atoms with Crippen LogP contribution in [-0.4, -0.2) is 13.4 Å². The van der Waals surface area contributed by atoms with Gasteiger partial charge in [0.1, 0.15) is 5.01 Å². The fraction of sp³-hybridized carbons (Fsp3) is 0.250. The van der Waals surface area contributed by atoms with E-state index in [2.05, 4.69) is 15.1 Å². The first-order chi connectivity index (χ1) is 9.42. The van der Waals surface area contributed by atoms with E-state index in [4.69, 9.17) is 5.84 Å². The summed E-state index contributed by atoms with van der Waals surface area (Å²) in [5.41, 5.74) is 3.10. The molecule has 0 aliphatic heterocycles. The Labute approximate surface area is 122 Å². The monoisotopic (exact) mass is 312 g/mol. The van der Waals surface area contributed by atoms with Gasteiger partial charge in [-0.05, 0) is 38.1 Å². The van der Waals surface area contributed by atoms with Crippen LogP contribution < -0.4 is 16.0 Å². The number of nitrogens with one attached hydrogen (secondary N) is 2. The minimum atomic E-state index is -3.58. The Balaban J connectivity index is 2.17. The summed E-state index contributed by atoms with van der Waals surface area (Å²) >= 11 is 1.47. The van der Waals surface area contributed by atoms with Crippen LogP contribution in [-0.2, 0) is 10.0 Å². The molecule has 8 heteroatoms. The minimum Gasteiger partial charge on any atom is -0.324 e. The molecule has 0 bridgehead atoms. The van der Waals surface area contributed by atoms with Gasteiger partial charge in [-0.25, -0.2) is 18.1 Å². The molecule has 0 fully saturated rings. The van der Waals surface area contributed by atoms with E-state index in [1.807, 2.05) is 6.92 Å². The van der Waals surface area contributed by atoms with Crippen LogP contribution in [0.25, 0.3) is 0 Å². The Morgan fingerprint density at radius 3 is 2.45 bits per heavy atom. The Bertz CT molecular complexity index is 680. The number of benzene rings is 1. The SMILES string of the molecule is Cc1cnc(C(C)NS(=O)(=O)c2ccc(NN)cc2)s1. The molecule has 2 aromatic rings. The van der Waals surface area contributed by atoms with E-state index in [0.29, 0.717) is 5.69 Å². The summed E-state index contributed by atoms with van der Waals surface area (Å²) < 4.78 is 27.1. The van der Waals surface area contributed by atoms with Crippen molar-refractivity contribution >= 4 is 27.0 Å². The molecule has 1 atom stereocenters. The summed E-state index contributed by atoms with van der Waals surface area (Å²) in [4.78, 5) is 5.42. The summed E-state index contributed by atoms with van der Waals surface area (Å²) in [7, 11) is -3.58. The van der Waals surface area contributed by atoms with Gasteiger partial charge in [0.05, 0.1) is 10.9 Å². The average molecular weight is 312 g/mol. The van der Waals surface area contributed by atoms with E-state index in [0.717, 1.165) is 9.88 Å². The van der Waals surface area contributed by atoms with E-state index in [1.54, 1.807) is 25.3 Å². The summed E-state index contributed by atoms with van der Waals surface area (Å²) in [6.45, 7) is 3.70. The van der Waals surface area contributed by atoms with E-state index >= 15 is 0 Å². The number of hydrazine groups is 1. The first-order valence-electron chi connectivity index (χ1n) is 5.94. The van der Waals surface area contributed by atoms with Gasteiger partial charge in [0.2, 0.25) is 10.0 Å². The van der Waals surface area contributed by atoms with Gasteiger partial charge in [-0.15, -0.1) is 11.3 Å². The summed E-state index contributed by atoms with van der Waals surface area (Å²) in [5, 5.41) is 0.742. The highest BCUT2D eigenvalue weighted by Gasteiger charge is 2.19. The van der Waals surface area contributed by atoms with E-state index in [1.165, 1.54) is 23.5 Å². The molecule has 0 amide bonds. The average Bonchev–Trinajstić information content (AvgIpc) is 2.85. The summed E-state index contributed by atoms with van der Waals surface area (Å²) in [6, 6.07) is 5.83. The lowest BCUT2D eigenvalue weighted by molar-refractivity contribution is 0.566. The molecule has 0 aliphatic carbocycles. The molecule has 20 heavy (non-hydrogen) atoms. The normalized spacial score (nSPS) is 13.2. The molecule has 2 rings (SSSR count). The van der Waals surface area contributed by atoms with Crippen LogP contribution in [0.1, 0.15) is 22.9 Å². The fourth-order valence-electron chi connectivity index (χ4n) is 1.65. The van der Waals surface area contributed by atoms with Crippen LogP contribution >= 0.6 is 11.3 Å². The largest absolute Gasteiger partial charge is 0.324 e. The lowest BCUT2D eigenvalue weighted by atomic mass is 10.3. The zero-order valence-electron chi connectivity index (χ0n) is 11.1. The predicted octanol–water partition coefficient (Wildman–Crippen LogP) is 1.78. The van der Waals surface area contributed by atoms with Gasteiger partial charge in [-0.2, -0.15) is 0 Å². The van der Waals surface area contributed by atoms with Crippen molar-refractivity contribution in [2.24, 2.45) is 5.84 Å². The fourth-order valence-corrected chi connectivity index (χ4v) is 3.71. The molecule has 0 saturated carbocycles. The van der Waals surface area contributed by atoms with Gasteiger partial charge in [-0.3, -0.25) is 5.84 Å². The van der Waals surface area contributed by atoms with E-state index < -0.39 is 10.0 Å². The third-order valence-corrected chi connectivity index (χ3v) is 5.32. The lowest BCUT2D eigenvalue weighted by Gasteiger charge is -2.12. The number of nitrogens with two attached hydrogens (primary N) is 1. The van der Waals surface area contributed by atoms with Crippen molar-refractivity contribution in [2.75, 3.05) is 5.43 Å². The lowest BCUT2D eigenvalue weighted by Crippen LogP contribution is -2.26. The highest BCUT2D eigenvalue weighted by molar-refractivity contribution is 7.89. The standard InChI is InChI=1S/C12H16N4O2S2/c1-8-7-14-12(19-8)9(2)16-20(17,18)11-5-3-10(15-13)4-6-11/h3-7,9,15-16H,13H2,1-2H3. The molecule has 1 heterocycles. The van der Waals surface area contributed by atoms with Crippen LogP contribution in [0.3, 0.4) is 0 Å². The van der Waals surface area contributed by atoms with Crippen molar-refractivity contribution < 1.29 is 8.42 Å². The van der Waals surface area contributed by atoms with Crippen molar-refractivity contribution in [3.8, 4) is 0 Å². The molecule has 0 aliphatic rings. The molecule has 0 radical (unpaired) electrons. The van der Waals surface area contributed by atoms with Gasteiger partial charge < -0.3 is 5.43 Å². The van der Waals surface area contributed by atoms with Crippen LogP contribution in [0.15, 0.2) is 35.4 Å². The maximum absolute atomic E-state index is 12.2. The molecular formula is C12H16N4O2S2. The predicted molar refractivity (Wildman–Crippen MR) is 79.8 cm³/mol. The third kappa shape index (κ3) is 3.34. The topological polar surface area (TPSA) is 97.1 Å². The van der Waals surface area contributed by atoms with Gasteiger partial charge >= 0.3 is 0 Å². The number of aromatic nitrogens is 1. The number of rotatable bonds is 5. The van der Waals surface area contributed by atoms with Crippen molar-refractivity contribution in [3.63, 3.8) is 0 Å². The molecule has 4 N–H and O–H groups in total. The second-order valence-corrected chi connectivity index (χ2v) is 7.30. The highest BCUT2D eigenvalue weighted by Crippen LogP contribution is 2.21. The van der Waals surface area contributed by atoms with Crippen LogP contribution in [0.4, 0.5) is 5.69 Å². The van der Waals surface area contributed by atoms with Crippen molar-refractivity contribution in [2.45, 2.75) is 24.8 Å². The number of hydrogen-bond acceptors (Lipinski definition) is 6. The molecule has 1 unspecified atom stereocenters. The first-order valence-corrected chi connectivity index (χ1v) is 8.23. The van der Waals surface area contributed by atoms with Crippen LogP contribution in [0, 0.1) is 6.92 Å². The Morgan fingerprint density at radius 2 is 1.95 bits per heavy atom. The van der Waals surface area contributed by atoms with Crippen molar-refractivity contribution in [3.05, 3.63) is 40.3 Å². The Morgan fingerprint density at radius 1 is 1.30 bits per heavy atom. The number of sulfonamides is 1. The van der Waals surface area contributed by atoms with Crippen molar-refractivity contribution in [1.82, 2.24) is 9.71 Å². The van der Waals surface area contributed by atoms with E-state index in [9.17, 15) is 8.42 Å². The summed E-state index contributed by atoms with van der Waals surface area (Å²) in [6.07, 6.45) is 1.73. The first kappa shape index (κ1) is 14.9. The molecule has 0 saturated heterocycles. The highest BCUT2D eigenvalue weighted by atomic mass is 32.2. The molecule has 6 nitrogen and oxygen atoms in total. The number of nitrogen functional groups attached to an aromatic ring is 1. The molecular weight excluding hydrogens is 296 g/mol. The number of thiazole rings is 1. The molecule has 108 valence electrons. The third-order valence-electron chi connectivity index (χ3n) is 2.67. The van der Waals surface area contributed by atoms with Gasteiger partial charge in [0.25, 0.3) is 0 Å². The van der Waals surface area contributed by atoms with Crippen LogP contribution in [0.5, 0.6) is 0 Å². The quantitative estimate of drug-likeness (QED) is 0.577. The molecule has 1 aromatic heterocycles. The van der Waals surface area contributed by atoms with Gasteiger partial charge in [0.15, 0.2) is 0 Å². The maximum Gasteiger partial charge on any atom is 0.241 e. The smallest absolute Gasteiger partial charge is 0.241 e. The number of aryl methyl sites for hydroxylation is 1.